The van der Waals surface area contributed by atoms with Crippen LogP contribution in [0.1, 0.15) is 64.1 Å². The Bertz CT molecular complexity index is 974. The lowest BCUT2D eigenvalue weighted by Crippen LogP contribution is -2.50. The molecule has 4 rings (SSSR count). The van der Waals surface area contributed by atoms with Crippen LogP contribution < -0.4 is 4.90 Å². The van der Waals surface area contributed by atoms with E-state index >= 15 is 0 Å². The number of aliphatic hydroxyl groups is 1. The van der Waals surface area contributed by atoms with E-state index < -0.39 is 5.60 Å². The van der Waals surface area contributed by atoms with Crippen molar-refractivity contribution >= 4 is 11.9 Å². The van der Waals surface area contributed by atoms with Crippen LogP contribution in [0.25, 0.3) is 11.3 Å². The van der Waals surface area contributed by atoms with E-state index in [1.54, 1.807) is 4.90 Å². The predicted octanol–water partition coefficient (Wildman–Crippen LogP) is 4.82. The van der Waals surface area contributed by atoms with Crippen molar-refractivity contribution in [3.05, 3.63) is 41.7 Å². The standard InChI is InChI=1S/C27H38N4O3/c1-27(2,3)34-26(33)31-13-11-30(12-14-31)25-17-21(19-32)16-24(29-25)22-9-10-28-23(18-22)15-20-7-5-4-6-8-20/h9-10,16-18,20,32H,4-8,11-15,19H2,1-3H3. The number of nitrogens with zero attached hydrogens (tertiary/aromatic N) is 4. The third-order valence-electron chi connectivity index (χ3n) is 6.64. The predicted molar refractivity (Wildman–Crippen MR) is 134 cm³/mol. The van der Waals surface area contributed by atoms with Gasteiger partial charge in [-0.15, -0.1) is 0 Å². The summed E-state index contributed by atoms with van der Waals surface area (Å²) in [6, 6.07) is 8.05. The summed E-state index contributed by atoms with van der Waals surface area (Å²) in [5, 5.41) is 9.90. The van der Waals surface area contributed by atoms with Gasteiger partial charge in [0.25, 0.3) is 0 Å². The molecule has 0 radical (unpaired) electrons. The van der Waals surface area contributed by atoms with E-state index in [2.05, 4.69) is 16.0 Å². The Labute approximate surface area is 203 Å². The largest absolute Gasteiger partial charge is 0.444 e. The van der Waals surface area contributed by atoms with Crippen molar-refractivity contribution in [2.45, 2.75) is 71.5 Å². The van der Waals surface area contributed by atoms with Gasteiger partial charge in [0.1, 0.15) is 11.4 Å². The summed E-state index contributed by atoms with van der Waals surface area (Å²) in [7, 11) is 0. The third kappa shape index (κ3) is 6.47. The second kappa shape index (κ2) is 10.7. The highest BCUT2D eigenvalue weighted by molar-refractivity contribution is 5.69. The van der Waals surface area contributed by atoms with Crippen LogP contribution in [0.3, 0.4) is 0 Å². The molecule has 184 valence electrons. The van der Waals surface area contributed by atoms with Gasteiger partial charge in [0, 0.05) is 43.6 Å². The molecular formula is C27H38N4O3. The lowest BCUT2D eigenvalue weighted by Gasteiger charge is -2.36. The fourth-order valence-corrected chi connectivity index (χ4v) is 4.85. The van der Waals surface area contributed by atoms with Crippen LogP contribution >= 0.6 is 0 Å². The highest BCUT2D eigenvalue weighted by Crippen LogP contribution is 2.29. The quantitative estimate of drug-likeness (QED) is 0.681. The van der Waals surface area contributed by atoms with Gasteiger partial charge in [0.15, 0.2) is 0 Å². The van der Waals surface area contributed by atoms with Gasteiger partial charge in [-0.25, -0.2) is 9.78 Å². The summed E-state index contributed by atoms with van der Waals surface area (Å²) in [5.41, 5.74) is 3.34. The smallest absolute Gasteiger partial charge is 0.410 e. The molecule has 2 aliphatic rings. The van der Waals surface area contributed by atoms with Crippen molar-refractivity contribution in [2.75, 3.05) is 31.1 Å². The molecule has 2 aromatic rings. The van der Waals surface area contributed by atoms with E-state index in [9.17, 15) is 9.90 Å². The first-order valence-electron chi connectivity index (χ1n) is 12.6. The van der Waals surface area contributed by atoms with Crippen LogP contribution in [0.5, 0.6) is 0 Å². The average Bonchev–Trinajstić information content (AvgIpc) is 2.83. The zero-order valence-electron chi connectivity index (χ0n) is 20.8. The Morgan fingerprint density at radius 2 is 1.82 bits per heavy atom. The third-order valence-corrected chi connectivity index (χ3v) is 6.64. The number of pyridine rings is 2. The van der Waals surface area contributed by atoms with Gasteiger partial charge < -0.3 is 19.6 Å². The second-order valence-electron chi connectivity index (χ2n) is 10.6. The summed E-state index contributed by atoms with van der Waals surface area (Å²) >= 11 is 0. The average molecular weight is 467 g/mol. The molecule has 0 unspecified atom stereocenters. The Morgan fingerprint density at radius 3 is 2.50 bits per heavy atom. The van der Waals surface area contributed by atoms with E-state index in [1.165, 1.54) is 32.1 Å². The lowest BCUT2D eigenvalue weighted by molar-refractivity contribution is 0.0240. The molecule has 1 aliphatic heterocycles. The normalized spacial score (nSPS) is 17.6. The zero-order chi connectivity index (χ0) is 24.1. The summed E-state index contributed by atoms with van der Waals surface area (Å²) in [4.78, 5) is 25.9. The van der Waals surface area contributed by atoms with Crippen molar-refractivity contribution in [1.82, 2.24) is 14.9 Å². The fourth-order valence-electron chi connectivity index (χ4n) is 4.85. The number of rotatable bonds is 5. The van der Waals surface area contributed by atoms with E-state index in [1.807, 2.05) is 45.2 Å². The Hall–Kier alpha value is -2.67. The van der Waals surface area contributed by atoms with Gasteiger partial charge in [-0.1, -0.05) is 32.1 Å². The van der Waals surface area contributed by atoms with Crippen LogP contribution in [-0.4, -0.2) is 57.8 Å². The highest BCUT2D eigenvalue weighted by Gasteiger charge is 2.26. The number of hydrogen-bond donors (Lipinski definition) is 1. The Kier molecular flexibility index (Phi) is 7.71. The maximum atomic E-state index is 12.4. The first kappa shape index (κ1) is 24.5. The molecule has 2 fully saturated rings. The van der Waals surface area contributed by atoms with Crippen molar-refractivity contribution in [3.63, 3.8) is 0 Å². The zero-order valence-corrected chi connectivity index (χ0v) is 20.8. The second-order valence-corrected chi connectivity index (χ2v) is 10.6. The molecule has 0 atom stereocenters. The summed E-state index contributed by atoms with van der Waals surface area (Å²) < 4.78 is 5.51. The molecule has 2 aromatic heterocycles. The molecule has 1 saturated carbocycles. The SMILES string of the molecule is CC(C)(C)OC(=O)N1CCN(c2cc(CO)cc(-c3ccnc(CC4CCCCC4)c3)n2)CC1. The lowest BCUT2D eigenvalue weighted by atomic mass is 9.86. The first-order chi connectivity index (χ1) is 16.3. The molecule has 0 spiro atoms. The van der Waals surface area contributed by atoms with E-state index in [-0.39, 0.29) is 12.7 Å². The monoisotopic (exact) mass is 466 g/mol. The summed E-state index contributed by atoms with van der Waals surface area (Å²) in [5.74, 6) is 1.56. The number of piperazine rings is 1. The maximum absolute atomic E-state index is 12.4. The van der Waals surface area contributed by atoms with Gasteiger partial charge in [0.05, 0.1) is 12.3 Å². The molecule has 0 bridgehead atoms. The van der Waals surface area contributed by atoms with Crippen LogP contribution in [0.2, 0.25) is 0 Å². The molecular weight excluding hydrogens is 428 g/mol. The first-order valence-corrected chi connectivity index (χ1v) is 12.6. The van der Waals surface area contributed by atoms with Gasteiger partial charge >= 0.3 is 6.09 Å². The van der Waals surface area contributed by atoms with Crippen LogP contribution in [0.4, 0.5) is 10.6 Å². The molecule has 7 heteroatoms. The molecule has 7 nitrogen and oxygen atoms in total. The van der Waals surface area contributed by atoms with Crippen molar-refractivity contribution in [2.24, 2.45) is 5.92 Å². The molecule has 1 N–H and O–H groups in total. The highest BCUT2D eigenvalue weighted by atomic mass is 16.6. The van der Waals surface area contributed by atoms with E-state index in [0.29, 0.717) is 26.2 Å². The van der Waals surface area contributed by atoms with Crippen LogP contribution in [0, 0.1) is 5.92 Å². The minimum atomic E-state index is -0.499. The molecule has 34 heavy (non-hydrogen) atoms. The molecule has 1 aliphatic carbocycles. The van der Waals surface area contributed by atoms with Crippen molar-refractivity contribution < 1.29 is 14.6 Å². The minimum absolute atomic E-state index is 0.0413. The Morgan fingerprint density at radius 1 is 1.09 bits per heavy atom. The van der Waals surface area contributed by atoms with Gasteiger partial charge in [-0.3, -0.25) is 4.98 Å². The number of aliphatic hydroxyl groups excluding tert-OH is 1. The maximum Gasteiger partial charge on any atom is 0.410 e. The van der Waals surface area contributed by atoms with Crippen molar-refractivity contribution in [1.29, 1.82) is 0 Å². The fraction of sp³-hybridized carbons (Fsp3) is 0.593. The number of carbonyl (C=O) groups excluding carboxylic acids is 1. The van der Waals surface area contributed by atoms with Crippen LogP contribution in [0.15, 0.2) is 30.5 Å². The number of amides is 1. The number of anilines is 1. The molecule has 3 heterocycles. The summed E-state index contributed by atoms with van der Waals surface area (Å²) in [6.07, 6.45) is 9.23. The number of hydrogen-bond acceptors (Lipinski definition) is 6. The molecule has 1 amide bonds. The van der Waals surface area contributed by atoms with Gasteiger partial charge in [-0.05, 0) is 62.9 Å². The number of carbonyl (C=O) groups is 1. The van der Waals surface area contributed by atoms with Crippen molar-refractivity contribution in [3.8, 4) is 11.3 Å². The number of aromatic nitrogens is 2. The number of ether oxygens (including phenoxy) is 1. The Balaban J connectivity index is 1.47. The summed E-state index contributed by atoms with van der Waals surface area (Å²) in [6.45, 7) is 8.10. The molecule has 0 aromatic carbocycles. The topological polar surface area (TPSA) is 78.8 Å². The van der Waals surface area contributed by atoms with E-state index in [0.717, 1.165) is 40.7 Å². The molecule has 1 saturated heterocycles. The van der Waals surface area contributed by atoms with E-state index in [4.69, 9.17) is 9.72 Å². The minimum Gasteiger partial charge on any atom is -0.444 e. The van der Waals surface area contributed by atoms with Gasteiger partial charge in [0.2, 0.25) is 0 Å². The van der Waals surface area contributed by atoms with Gasteiger partial charge in [-0.2, -0.15) is 0 Å². The van der Waals surface area contributed by atoms with Crippen LogP contribution in [-0.2, 0) is 17.8 Å².